The van der Waals surface area contributed by atoms with Crippen molar-refractivity contribution in [1.82, 2.24) is 15.3 Å². The van der Waals surface area contributed by atoms with Crippen LogP contribution in [0.15, 0.2) is 42.7 Å². The molecule has 1 amide bonds. The van der Waals surface area contributed by atoms with E-state index in [1.165, 1.54) is 0 Å². The number of amides is 1. The molecule has 0 aliphatic rings. The zero-order chi connectivity index (χ0) is 14.9. The highest BCUT2D eigenvalue weighted by Gasteiger charge is 2.02. The Balaban J connectivity index is 1.82. The van der Waals surface area contributed by atoms with Crippen molar-refractivity contribution in [2.45, 2.75) is 32.6 Å². The van der Waals surface area contributed by atoms with Crippen LogP contribution in [0, 0.1) is 0 Å². The van der Waals surface area contributed by atoms with E-state index in [-0.39, 0.29) is 5.91 Å². The maximum absolute atomic E-state index is 11.5. The minimum atomic E-state index is 0.124. The number of hydrogen-bond acceptors (Lipinski definition) is 3. The van der Waals surface area contributed by atoms with Crippen LogP contribution in [0.5, 0.6) is 0 Å². The van der Waals surface area contributed by atoms with Crippen molar-refractivity contribution in [3.8, 4) is 11.4 Å². The summed E-state index contributed by atoms with van der Waals surface area (Å²) < 4.78 is 0. The quantitative estimate of drug-likeness (QED) is 0.850. The van der Waals surface area contributed by atoms with Crippen molar-refractivity contribution in [1.29, 1.82) is 0 Å². The first kappa shape index (κ1) is 15.2. The van der Waals surface area contributed by atoms with E-state index in [4.69, 9.17) is 0 Å². The van der Waals surface area contributed by atoms with Gasteiger partial charge in [-0.3, -0.25) is 4.79 Å². The van der Waals surface area contributed by atoms with E-state index in [0.717, 1.165) is 36.2 Å². The van der Waals surface area contributed by atoms with Gasteiger partial charge in [0.2, 0.25) is 5.91 Å². The summed E-state index contributed by atoms with van der Waals surface area (Å²) in [5, 5.41) is 2.92. The highest BCUT2D eigenvalue weighted by molar-refractivity contribution is 5.75. The lowest BCUT2D eigenvalue weighted by Gasteiger charge is -2.05. The zero-order valence-corrected chi connectivity index (χ0v) is 12.4. The number of nitrogens with one attached hydrogen (secondary N) is 1. The van der Waals surface area contributed by atoms with Crippen LogP contribution in [0.4, 0.5) is 0 Å². The summed E-state index contributed by atoms with van der Waals surface area (Å²) in [6, 6.07) is 9.89. The van der Waals surface area contributed by atoms with Gasteiger partial charge >= 0.3 is 0 Å². The Morgan fingerprint density at radius 1 is 1.14 bits per heavy atom. The lowest BCUT2D eigenvalue weighted by atomic mass is 10.2. The molecule has 1 aromatic heterocycles. The van der Waals surface area contributed by atoms with E-state index in [9.17, 15) is 4.79 Å². The van der Waals surface area contributed by atoms with Gasteiger partial charge < -0.3 is 5.32 Å². The molecule has 1 heterocycles. The molecule has 4 nitrogen and oxygen atoms in total. The maximum atomic E-state index is 11.5. The normalized spacial score (nSPS) is 10.3. The summed E-state index contributed by atoms with van der Waals surface area (Å²) in [6.07, 6.45) is 7.01. The van der Waals surface area contributed by atoms with E-state index in [1.807, 2.05) is 42.7 Å². The van der Waals surface area contributed by atoms with Gasteiger partial charge in [0.15, 0.2) is 5.82 Å². The predicted molar refractivity (Wildman–Crippen MR) is 83.7 cm³/mol. The molecule has 0 saturated heterocycles. The molecule has 0 radical (unpaired) electrons. The summed E-state index contributed by atoms with van der Waals surface area (Å²) in [5.74, 6) is 0.852. The highest BCUT2D eigenvalue weighted by atomic mass is 16.1. The first-order valence-corrected chi connectivity index (χ1v) is 7.42. The third kappa shape index (κ3) is 4.99. The van der Waals surface area contributed by atoms with Crippen LogP contribution in [-0.2, 0) is 11.2 Å². The Labute approximate surface area is 125 Å². The Morgan fingerprint density at radius 3 is 2.52 bits per heavy atom. The molecule has 0 aliphatic heterocycles. The zero-order valence-electron chi connectivity index (χ0n) is 12.4. The maximum Gasteiger partial charge on any atom is 0.220 e. The van der Waals surface area contributed by atoms with E-state index < -0.39 is 0 Å². The van der Waals surface area contributed by atoms with Crippen molar-refractivity contribution in [2.75, 3.05) is 6.54 Å². The lowest BCUT2D eigenvalue weighted by Crippen LogP contribution is -2.25. The van der Waals surface area contributed by atoms with Gasteiger partial charge in [0, 0.05) is 30.9 Å². The summed E-state index contributed by atoms with van der Waals surface area (Å²) in [7, 11) is 0. The summed E-state index contributed by atoms with van der Waals surface area (Å²) in [4.78, 5) is 20.2. The summed E-state index contributed by atoms with van der Waals surface area (Å²) >= 11 is 0. The van der Waals surface area contributed by atoms with Gasteiger partial charge in [-0.2, -0.15) is 0 Å². The van der Waals surface area contributed by atoms with Crippen molar-refractivity contribution in [3.05, 3.63) is 48.3 Å². The fourth-order valence-corrected chi connectivity index (χ4v) is 1.99. The van der Waals surface area contributed by atoms with Crippen molar-refractivity contribution < 1.29 is 4.79 Å². The molecular formula is C17H21N3O. The van der Waals surface area contributed by atoms with Gasteiger partial charge in [-0.05, 0) is 18.4 Å². The summed E-state index contributed by atoms with van der Waals surface area (Å²) in [6.45, 7) is 2.72. The third-order valence-corrected chi connectivity index (χ3v) is 3.23. The molecule has 1 aromatic carbocycles. The molecule has 0 aliphatic carbocycles. The van der Waals surface area contributed by atoms with Crippen LogP contribution in [0.2, 0.25) is 0 Å². The minimum absolute atomic E-state index is 0.124. The van der Waals surface area contributed by atoms with Crippen molar-refractivity contribution in [3.63, 3.8) is 0 Å². The van der Waals surface area contributed by atoms with E-state index in [1.54, 1.807) is 0 Å². The third-order valence-electron chi connectivity index (χ3n) is 3.23. The second-order valence-corrected chi connectivity index (χ2v) is 4.98. The molecule has 0 saturated carbocycles. The first-order chi connectivity index (χ1) is 10.3. The molecule has 2 aromatic rings. The lowest BCUT2D eigenvalue weighted by molar-refractivity contribution is -0.121. The number of unbranched alkanes of at least 4 members (excludes halogenated alkanes) is 1. The topological polar surface area (TPSA) is 54.9 Å². The minimum Gasteiger partial charge on any atom is -0.356 e. The van der Waals surface area contributed by atoms with Crippen LogP contribution < -0.4 is 5.32 Å². The number of hydrogen-bond donors (Lipinski definition) is 1. The second-order valence-electron chi connectivity index (χ2n) is 4.98. The molecule has 4 heteroatoms. The van der Waals surface area contributed by atoms with Crippen molar-refractivity contribution >= 4 is 5.91 Å². The molecule has 110 valence electrons. The van der Waals surface area contributed by atoms with Gasteiger partial charge in [-0.25, -0.2) is 9.97 Å². The molecule has 0 atom stereocenters. The monoisotopic (exact) mass is 283 g/mol. The molecule has 2 rings (SSSR count). The van der Waals surface area contributed by atoms with Crippen LogP contribution in [0.25, 0.3) is 11.4 Å². The van der Waals surface area contributed by atoms with Crippen LogP contribution >= 0.6 is 0 Å². The van der Waals surface area contributed by atoms with Crippen LogP contribution in [0.3, 0.4) is 0 Å². The van der Waals surface area contributed by atoms with Gasteiger partial charge in [-0.15, -0.1) is 0 Å². The molecule has 0 unspecified atom stereocenters. The Morgan fingerprint density at radius 2 is 1.86 bits per heavy atom. The van der Waals surface area contributed by atoms with E-state index in [0.29, 0.717) is 13.0 Å². The molecule has 0 spiro atoms. The molecule has 0 bridgehead atoms. The fourth-order valence-electron chi connectivity index (χ4n) is 1.99. The van der Waals surface area contributed by atoms with Crippen LogP contribution in [0.1, 0.15) is 31.7 Å². The Kier molecular flexibility index (Phi) is 5.88. The highest BCUT2D eigenvalue weighted by Crippen LogP contribution is 2.13. The van der Waals surface area contributed by atoms with Gasteiger partial charge in [0.25, 0.3) is 0 Å². The second kappa shape index (κ2) is 8.15. The number of carbonyl (C=O) groups is 1. The van der Waals surface area contributed by atoms with E-state index >= 15 is 0 Å². The van der Waals surface area contributed by atoms with E-state index in [2.05, 4.69) is 22.2 Å². The average molecular weight is 283 g/mol. The average Bonchev–Trinajstić information content (AvgIpc) is 2.54. The fraction of sp³-hybridized carbons (Fsp3) is 0.353. The van der Waals surface area contributed by atoms with Crippen molar-refractivity contribution in [2.24, 2.45) is 0 Å². The number of aromatic nitrogens is 2. The first-order valence-electron chi connectivity index (χ1n) is 7.42. The van der Waals surface area contributed by atoms with Gasteiger partial charge in [0.05, 0.1) is 0 Å². The number of nitrogens with zero attached hydrogens (tertiary/aromatic N) is 2. The number of carbonyl (C=O) groups excluding carboxylic acids is 1. The Bertz CT molecular complexity index is 552. The molecule has 0 fully saturated rings. The van der Waals surface area contributed by atoms with Crippen LogP contribution in [-0.4, -0.2) is 22.4 Å². The number of rotatable bonds is 7. The van der Waals surface area contributed by atoms with Gasteiger partial charge in [0.1, 0.15) is 0 Å². The predicted octanol–water partition coefficient (Wildman–Crippen LogP) is 2.99. The standard InChI is InChI=1S/C17H21N3O/c1-2-3-9-16(21)18-11-10-14-12-19-17(20-13-14)15-7-5-4-6-8-15/h4-8,12-13H,2-3,9-11H2,1H3,(H,18,21). The smallest absolute Gasteiger partial charge is 0.220 e. The molecule has 1 N–H and O–H groups in total. The number of benzene rings is 1. The van der Waals surface area contributed by atoms with Gasteiger partial charge in [-0.1, -0.05) is 43.7 Å². The molecular weight excluding hydrogens is 262 g/mol. The largest absolute Gasteiger partial charge is 0.356 e. The SMILES string of the molecule is CCCCC(=O)NCCc1cnc(-c2ccccc2)nc1. The summed E-state index contributed by atoms with van der Waals surface area (Å²) in [5.41, 5.74) is 2.04. The Hall–Kier alpha value is -2.23. The molecule has 21 heavy (non-hydrogen) atoms.